The van der Waals surface area contributed by atoms with E-state index >= 15 is 4.39 Å². The second-order valence-corrected chi connectivity index (χ2v) is 19.4. The molecule has 4 N–H and O–H groups in total. The van der Waals surface area contributed by atoms with Gasteiger partial charge in [-0.25, -0.2) is 18.5 Å². The average molecular weight is 894 g/mol. The summed E-state index contributed by atoms with van der Waals surface area (Å²) in [5.41, 5.74) is 3.61. The molecule has 18 nitrogen and oxygen atoms in total. The summed E-state index contributed by atoms with van der Waals surface area (Å²) in [6.07, 6.45) is 0.411. The number of esters is 2. The van der Waals surface area contributed by atoms with Crippen molar-refractivity contribution in [1.29, 1.82) is 0 Å². The second-order valence-electron chi connectivity index (χ2n) is 15.7. The molecule has 2 aliphatic carbocycles. The zero-order chi connectivity index (χ0) is 43.4. The quantitative estimate of drug-likeness (QED) is 0.0514. The van der Waals surface area contributed by atoms with Crippen molar-refractivity contribution >= 4 is 56.0 Å². The molecule has 0 bridgehead atoms. The minimum atomic E-state index is -4.51. The number of nitrogen functional groups attached to an aromatic ring is 1. The Labute approximate surface area is 350 Å². The van der Waals surface area contributed by atoms with Gasteiger partial charge in [-0.05, 0) is 84.3 Å². The zero-order valence-electron chi connectivity index (χ0n) is 33.8. The van der Waals surface area contributed by atoms with Crippen LogP contribution in [0.2, 0.25) is 5.28 Å². The highest BCUT2D eigenvalue weighted by Gasteiger charge is 2.98. The van der Waals surface area contributed by atoms with Gasteiger partial charge in [0.2, 0.25) is 11.1 Å². The molecule has 4 aromatic rings. The van der Waals surface area contributed by atoms with Crippen LogP contribution in [0.25, 0.3) is 11.2 Å². The summed E-state index contributed by atoms with van der Waals surface area (Å²) in [6, 6.07) is 12.9. The third-order valence-electron chi connectivity index (χ3n) is 10.7. The summed E-state index contributed by atoms with van der Waals surface area (Å²) in [6.45, 7) is 10.3. The summed E-state index contributed by atoms with van der Waals surface area (Å²) in [7, 11) is -8.93. The Morgan fingerprint density at radius 3 is 1.92 bits per heavy atom. The van der Waals surface area contributed by atoms with E-state index < -0.39 is 99.7 Å². The molecule has 0 spiro atoms. The third-order valence-corrected chi connectivity index (χ3v) is 14.2. The van der Waals surface area contributed by atoms with Gasteiger partial charge in [0.25, 0.3) is 0 Å². The van der Waals surface area contributed by atoms with Crippen LogP contribution in [0.4, 0.5) is 10.2 Å². The number of alkyl halides is 1. The maximum Gasteiger partial charge on any atom is 0.459 e. The first-order chi connectivity index (χ1) is 28.2. The van der Waals surface area contributed by atoms with Crippen molar-refractivity contribution in [3.05, 3.63) is 72.3 Å². The van der Waals surface area contributed by atoms with Crippen LogP contribution in [0.1, 0.15) is 54.5 Å². The van der Waals surface area contributed by atoms with Crippen LogP contribution in [0, 0.1) is 17.3 Å². The maximum absolute atomic E-state index is 17.3. The molecular formula is C38H47ClFN7O11P2. The molecule has 7 unspecified atom stereocenters. The number of anilines is 1. The van der Waals surface area contributed by atoms with E-state index in [1.54, 1.807) is 95.3 Å². The summed E-state index contributed by atoms with van der Waals surface area (Å²) < 4.78 is 89.1. The van der Waals surface area contributed by atoms with Gasteiger partial charge in [0.05, 0.1) is 43.3 Å². The molecule has 0 radical (unpaired) electrons. The molecule has 60 heavy (non-hydrogen) atoms. The van der Waals surface area contributed by atoms with Crippen LogP contribution in [0.5, 0.6) is 11.5 Å². The highest BCUT2D eigenvalue weighted by molar-refractivity contribution is 7.52. The number of carbonyl (C=O) groups is 2. The summed E-state index contributed by atoms with van der Waals surface area (Å²) in [5, 5.41) is 5.14. The van der Waals surface area contributed by atoms with Crippen molar-refractivity contribution in [2.75, 3.05) is 18.9 Å². The average Bonchev–Trinajstić information content (AvgIpc) is 3.76. The Balaban J connectivity index is 1.23. The predicted molar refractivity (Wildman–Crippen MR) is 215 cm³/mol. The van der Waals surface area contributed by atoms with Gasteiger partial charge in [-0.2, -0.15) is 20.1 Å². The van der Waals surface area contributed by atoms with Crippen molar-refractivity contribution < 1.29 is 55.4 Å². The molecule has 324 valence electrons. The normalized spacial score (nSPS) is 28.2. The van der Waals surface area contributed by atoms with Crippen molar-refractivity contribution in [2.45, 2.75) is 90.3 Å². The minimum Gasteiger partial charge on any atom is -0.462 e. The number of hydrogen-bond acceptors (Lipinski definition) is 15. The number of ether oxygens (including phenoxy) is 3. The van der Waals surface area contributed by atoms with Crippen LogP contribution in [-0.4, -0.2) is 80.4 Å². The SMILES string of the molecule is CC(C)OC(=O)[C@H](C)NP(=O)(OC[C@H]1C2(C)OC3(F)C(n4cnc5c(N)nc(Cl)nc54)C3C12COP(=O)(N[C@@H](C)C(=O)OC(C)C)Oc1ccccc1)Oc1ccccc1. The van der Waals surface area contributed by atoms with Crippen LogP contribution in [-0.2, 0) is 42.0 Å². The number of aromatic nitrogens is 4. The largest absolute Gasteiger partial charge is 0.462 e. The number of nitrogens with zero attached hydrogens (tertiary/aromatic N) is 4. The van der Waals surface area contributed by atoms with Crippen molar-refractivity contribution in [3.8, 4) is 11.5 Å². The fourth-order valence-corrected chi connectivity index (χ4v) is 11.2. The molecule has 3 heterocycles. The minimum absolute atomic E-state index is 0.0210. The zero-order valence-corrected chi connectivity index (χ0v) is 36.4. The number of benzene rings is 2. The van der Waals surface area contributed by atoms with E-state index in [9.17, 15) is 18.7 Å². The maximum atomic E-state index is 17.3. The van der Waals surface area contributed by atoms with Crippen molar-refractivity contribution in [2.24, 2.45) is 17.3 Å². The van der Waals surface area contributed by atoms with Crippen molar-refractivity contribution in [3.63, 3.8) is 0 Å². The molecular weight excluding hydrogens is 847 g/mol. The number of para-hydroxylation sites is 2. The fraction of sp³-hybridized carbons (Fsp3) is 0.500. The summed E-state index contributed by atoms with van der Waals surface area (Å²) in [5.74, 6) is -5.35. The van der Waals surface area contributed by atoms with E-state index in [0.717, 1.165) is 0 Å². The van der Waals surface area contributed by atoms with E-state index in [-0.39, 0.29) is 33.8 Å². The number of nitrogens with one attached hydrogen (secondary N) is 2. The lowest BCUT2D eigenvalue weighted by Gasteiger charge is -2.26. The van der Waals surface area contributed by atoms with Crippen LogP contribution < -0.4 is 25.0 Å². The van der Waals surface area contributed by atoms with Gasteiger partial charge in [-0.15, -0.1) is 0 Å². The van der Waals surface area contributed by atoms with E-state index in [1.807, 2.05) is 0 Å². The van der Waals surface area contributed by atoms with E-state index in [2.05, 4.69) is 25.1 Å². The van der Waals surface area contributed by atoms with E-state index in [4.69, 9.17) is 49.6 Å². The van der Waals surface area contributed by atoms with Gasteiger partial charge in [0.1, 0.15) is 35.1 Å². The topological polar surface area (TPSA) is 227 Å². The number of fused-ring (bicyclic) bond motifs is 4. The Morgan fingerprint density at radius 2 is 1.40 bits per heavy atom. The molecule has 1 saturated heterocycles. The molecule has 2 aromatic heterocycles. The van der Waals surface area contributed by atoms with E-state index in [1.165, 1.54) is 24.7 Å². The van der Waals surface area contributed by atoms with Gasteiger partial charge < -0.3 is 33.6 Å². The summed E-state index contributed by atoms with van der Waals surface area (Å²) in [4.78, 5) is 38.3. The van der Waals surface area contributed by atoms with E-state index in [0.29, 0.717) is 0 Å². The van der Waals surface area contributed by atoms with Gasteiger partial charge in [-0.1, -0.05) is 36.4 Å². The highest BCUT2D eigenvalue weighted by atomic mass is 35.5. The molecule has 22 heteroatoms. The molecule has 2 saturated carbocycles. The third kappa shape index (κ3) is 8.26. The first kappa shape index (κ1) is 43.9. The van der Waals surface area contributed by atoms with Gasteiger partial charge in [-0.3, -0.25) is 18.6 Å². The number of nitrogens with two attached hydrogens (primary N) is 1. The molecule has 0 amide bonds. The number of hydrogen-bond donors (Lipinski definition) is 3. The van der Waals surface area contributed by atoms with Crippen LogP contribution in [0.15, 0.2) is 67.0 Å². The highest BCUT2D eigenvalue weighted by Crippen LogP contribution is 2.88. The fourth-order valence-electron chi connectivity index (χ4n) is 8.02. The lowest BCUT2D eigenvalue weighted by Crippen LogP contribution is -2.37. The lowest BCUT2D eigenvalue weighted by atomic mass is 9.95. The predicted octanol–water partition coefficient (Wildman–Crippen LogP) is 6.57. The Hall–Kier alpha value is -4.19. The van der Waals surface area contributed by atoms with Gasteiger partial charge in [0, 0.05) is 11.3 Å². The first-order valence-electron chi connectivity index (χ1n) is 19.2. The molecule has 3 aliphatic rings. The second kappa shape index (κ2) is 16.3. The Morgan fingerprint density at radius 1 is 0.883 bits per heavy atom. The molecule has 3 fully saturated rings. The van der Waals surface area contributed by atoms with Crippen LogP contribution >= 0.6 is 27.1 Å². The Kier molecular flexibility index (Phi) is 11.9. The number of rotatable bonds is 19. The van der Waals surface area contributed by atoms with Gasteiger partial charge in [0.15, 0.2) is 11.5 Å². The monoisotopic (exact) mass is 893 g/mol. The smallest absolute Gasteiger partial charge is 0.459 e. The Bertz CT molecular complexity index is 2350. The molecule has 2 aromatic carbocycles. The van der Waals surface area contributed by atoms with Crippen molar-refractivity contribution in [1.82, 2.24) is 29.7 Å². The molecule has 1 aliphatic heterocycles. The molecule has 7 rings (SSSR count). The first-order valence-corrected chi connectivity index (χ1v) is 22.7. The standard InChI is InChI=1S/C38H47ClFN7O11P2/c1-21(2)54-33(48)23(5)45-59(50,56-25-14-10-8-11-15-25)52-18-27-36(7)37(27,29-30(38(29,40)58-36)47-20-42-28-31(41)43-35(39)44-32(28)47)19-53-60(51,57-26-16-12-9-13-17-26)46-24(6)34(49)55-22(3)4/h8-17,20-24,27,29-30H,18-19H2,1-7H3,(H,45,50)(H,46,51)(H2,41,43,44)/t23-,24-,27-,29?,30?,36?,37?,38?,59?,60?/m0/s1. The summed E-state index contributed by atoms with van der Waals surface area (Å²) >= 11 is 6.16. The number of halogens is 2. The van der Waals surface area contributed by atoms with Crippen LogP contribution in [0.3, 0.4) is 0 Å². The molecule has 10 atom stereocenters. The number of imidazole rings is 1. The number of carbonyl (C=O) groups excluding carboxylic acids is 2. The lowest BCUT2D eigenvalue weighted by molar-refractivity contribution is -0.150. The van der Waals surface area contributed by atoms with Gasteiger partial charge >= 0.3 is 27.4 Å².